The van der Waals surface area contributed by atoms with Crippen molar-refractivity contribution in [2.45, 2.75) is 57.7 Å². The van der Waals surface area contributed by atoms with Gasteiger partial charge in [0.25, 0.3) is 0 Å². The fourth-order valence-electron chi connectivity index (χ4n) is 2.61. The van der Waals surface area contributed by atoms with E-state index in [4.69, 9.17) is 4.74 Å². The fourth-order valence-corrected chi connectivity index (χ4v) is 4.25. The molecular formula is C17H23N5O3S2. The Bertz CT molecular complexity index is 829. The molecule has 27 heavy (non-hydrogen) atoms. The molecule has 2 aromatic rings. The fraction of sp³-hybridized carbons (Fsp3) is 0.588. The zero-order valence-corrected chi connectivity index (χ0v) is 17.3. The summed E-state index contributed by atoms with van der Waals surface area (Å²) in [6, 6.07) is 0. The smallest absolute Gasteiger partial charge is 0.350 e. The Labute approximate surface area is 166 Å². The van der Waals surface area contributed by atoms with E-state index in [-0.39, 0.29) is 11.7 Å². The highest BCUT2D eigenvalue weighted by Gasteiger charge is 2.30. The zero-order chi connectivity index (χ0) is 19.4. The number of aryl methyl sites for hydroxylation is 1. The summed E-state index contributed by atoms with van der Waals surface area (Å²) < 4.78 is 7.12. The minimum Gasteiger partial charge on any atom is -0.462 e. The van der Waals surface area contributed by atoms with Gasteiger partial charge in [-0.3, -0.25) is 4.79 Å². The maximum atomic E-state index is 12.3. The highest BCUT2D eigenvalue weighted by atomic mass is 32.2. The number of amides is 1. The van der Waals surface area contributed by atoms with Gasteiger partial charge < -0.3 is 14.6 Å². The quantitative estimate of drug-likeness (QED) is 0.501. The Kier molecular flexibility index (Phi) is 6.48. The molecule has 146 valence electrons. The second-order valence-electron chi connectivity index (χ2n) is 6.26. The molecule has 0 radical (unpaired) electrons. The number of thiazole rings is 1. The molecule has 1 aliphatic rings. The first-order valence-electron chi connectivity index (χ1n) is 9.03. The largest absolute Gasteiger partial charge is 0.462 e. The molecule has 1 saturated carbocycles. The Morgan fingerprint density at radius 2 is 2.11 bits per heavy atom. The van der Waals surface area contributed by atoms with Gasteiger partial charge in [-0.15, -0.1) is 10.2 Å². The van der Waals surface area contributed by atoms with Crippen molar-refractivity contribution in [1.82, 2.24) is 19.7 Å². The van der Waals surface area contributed by atoms with E-state index in [0.29, 0.717) is 28.2 Å². The van der Waals surface area contributed by atoms with Gasteiger partial charge in [-0.05, 0) is 33.1 Å². The number of nitrogens with zero attached hydrogens (tertiary/aromatic N) is 4. The molecule has 1 N–H and O–H groups in total. The second-order valence-corrected chi connectivity index (χ2v) is 8.20. The third-order valence-electron chi connectivity index (χ3n) is 3.97. The molecule has 1 fully saturated rings. The summed E-state index contributed by atoms with van der Waals surface area (Å²) in [4.78, 5) is 28.8. The molecule has 0 spiro atoms. The van der Waals surface area contributed by atoms with E-state index < -0.39 is 5.97 Å². The standard InChI is InChI=1S/C17H23N5O3S2/c1-4-8-22-14(11-6-7-11)20-21-17(22)26-9-12(23)19-16-18-10(3)13(27-16)15(24)25-5-2/h11H,4-9H2,1-3H3,(H,18,19,23). The predicted molar refractivity (Wildman–Crippen MR) is 104 cm³/mol. The van der Waals surface area contributed by atoms with Crippen LogP contribution in [-0.2, 0) is 16.1 Å². The summed E-state index contributed by atoms with van der Waals surface area (Å²) >= 11 is 2.49. The monoisotopic (exact) mass is 409 g/mol. The molecule has 0 aliphatic heterocycles. The van der Waals surface area contributed by atoms with E-state index in [1.54, 1.807) is 13.8 Å². The van der Waals surface area contributed by atoms with Crippen molar-refractivity contribution in [3.8, 4) is 0 Å². The number of aromatic nitrogens is 4. The number of esters is 1. The van der Waals surface area contributed by atoms with E-state index in [9.17, 15) is 9.59 Å². The normalized spacial score (nSPS) is 13.6. The Balaban J connectivity index is 1.59. The predicted octanol–water partition coefficient (Wildman–Crippen LogP) is 3.24. The van der Waals surface area contributed by atoms with E-state index in [1.807, 2.05) is 0 Å². The molecule has 8 nitrogen and oxygen atoms in total. The summed E-state index contributed by atoms with van der Waals surface area (Å²) in [5, 5.41) is 12.5. The van der Waals surface area contributed by atoms with Crippen molar-refractivity contribution < 1.29 is 14.3 Å². The molecule has 1 aliphatic carbocycles. The van der Waals surface area contributed by atoms with E-state index in [1.165, 1.54) is 24.6 Å². The third-order valence-corrected chi connectivity index (χ3v) is 5.99. The van der Waals surface area contributed by atoms with Crippen molar-refractivity contribution in [1.29, 1.82) is 0 Å². The Morgan fingerprint density at radius 3 is 2.78 bits per heavy atom. The first-order valence-corrected chi connectivity index (χ1v) is 10.8. The molecule has 0 saturated heterocycles. The highest BCUT2D eigenvalue weighted by molar-refractivity contribution is 7.99. The van der Waals surface area contributed by atoms with Gasteiger partial charge in [0.05, 0.1) is 18.1 Å². The lowest BCUT2D eigenvalue weighted by atomic mass is 10.4. The lowest BCUT2D eigenvalue weighted by Crippen LogP contribution is -2.14. The molecule has 0 unspecified atom stereocenters. The molecule has 10 heteroatoms. The lowest BCUT2D eigenvalue weighted by molar-refractivity contribution is -0.113. The van der Waals surface area contributed by atoms with Gasteiger partial charge in [-0.1, -0.05) is 30.0 Å². The van der Waals surface area contributed by atoms with Gasteiger partial charge in [0.1, 0.15) is 10.7 Å². The van der Waals surface area contributed by atoms with Crippen LogP contribution in [0.5, 0.6) is 0 Å². The van der Waals surface area contributed by atoms with Crippen LogP contribution in [0.15, 0.2) is 5.16 Å². The van der Waals surface area contributed by atoms with Gasteiger partial charge in [-0.2, -0.15) is 0 Å². The van der Waals surface area contributed by atoms with Crippen LogP contribution >= 0.6 is 23.1 Å². The number of anilines is 1. The van der Waals surface area contributed by atoms with Crippen LogP contribution in [-0.4, -0.2) is 44.0 Å². The van der Waals surface area contributed by atoms with Crippen molar-refractivity contribution in [2.75, 3.05) is 17.7 Å². The van der Waals surface area contributed by atoms with Gasteiger partial charge in [0.15, 0.2) is 10.3 Å². The molecule has 3 rings (SSSR count). The number of nitrogens with one attached hydrogen (secondary N) is 1. The molecular weight excluding hydrogens is 386 g/mol. The van der Waals surface area contributed by atoms with Gasteiger partial charge in [-0.25, -0.2) is 9.78 Å². The van der Waals surface area contributed by atoms with E-state index in [2.05, 4.69) is 32.0 Å². The number of hydrogen-bond donors (Lipinski definition) is 1. The first kappa shape index (κ1) is 19.8. The molecule has 2 aromatic heterocycles. The molecule has 2 heterocycles. The minimum absolute atomic E-state index is 0.192. The van der Waals surface area contributed by atoms with Crippen LogP contribution in [0.4, 0.5) is 5.13 Å². The summed E-state index contributed by atoms with van der Waals surface area (Å²) in [5.74, 6) is 1.16. The number of carbonyl (C=O) groups excluding carboxylic acids is 2. The summed E-state index contributed by atoms with van der Waals surface area (Å²) in [6.07, 6.45) is 3.32. The molecule has 1 amide bonds. The van der Waals surface area contributed by atoms with Crippen molar-refractivity contribution >= 4 is 40.1 Å². The first-order chi connectivity index (χ1) is 13.0. The van der Waals surface area contributed by atoms with Crippen LogP contribution in [0.2, 0.25) is 0 Å². The average Bonchev–Trinajstić information content (AvgIpc) is 3.30. The maximum Gasteiger partial charge on any atom is 0.350 e. The van der Waals surface area contributed by atoms with Crippen LogP contribution in [0.3, 0.4) is 0 Å². The number of carbonyl (C=O) groups is 2. The number of rotatable bonds is 9. The van der Waals surface area contributed by atoms with Gasteiger partial charge in [0.2, 0.25) is 5.91 Å². The molecule has 0 bridgehead atoms. The second kappa shape index (κ2) is 8.83. The number of hydrogen-bond acceptors (Lipinski definition) is 8. The number of thioether (sulfide) groups is 1. The van der Waals surface area contributed by atoms with E-state index in [0.717, 1.165) is 35.3 Å². The summed E-state index contributed by atoms with van der Waals surface area (Å²) in [5.41, 5.74) is 0.554. The van der Waals surface area contributed by atoms with Crippen molar-refractivity contribution in [3.05, 3.63) is 16.4 Å². The van der Waals surface area contributed by atoms with Gasteiger partial charge >= 0.3 is 5.97 Å². The van der Waals surface area contributed by atoms with E-state index >= 15 is 0 Å². The molecule has 0 atom stereocenters. The summed E-state index contributed by atoms with van der Waals surface area (Å²) in [6.45, 7) is 6.75. The Morgan fingerprint density at radius 1 is 1.33 bits per heavy atom. The van der Waals surface area contributed by atoms with Crippen LogP contribution in [0, 0.1) is 6.92 Å². The van der Waals surface area contributed by atoms with Crippen LogP contribution < -0.4 is 5.32 Å². The SMILES string of the molecule is CCCn1c(SCC(=O)Nc2nc(C)c(C(=O)OCC)s2)nnc1C1CC1. The van der Waals surface area contributed by atoms with Gasteiger partial charge in [0, 0.05) is 12.5 Å². The Hall–Kier alpha value is -1.94. The van der Waals surface area contributed by atoms with Crippen LogP contribution in [0.1, 0.15) is 60.2 Å². The topological polar surface area (TPSA) is 99.0 Å². The lowest BCUT2D eigenvalue weighted by Gasteiger charge is -2.07. The summed E-state index contributed by atoms with van der Waals surface area (Å²) in [7, 11) is 0. The van der Waals surface area contributed by atoms with Crippen molar-refractivity contribution in [2.24, 2.45) is 0 Å². The maximum absolute atomic E-state index is 12.3. The zero-order valence-electron chi connectivity index (χ0n) is 15.7. The van der Waals surface area contributed by atoms with Crippen molar-refractivity contribution in [3.63, 3.8) is 0 Å². The number of ether oxygens (including phenoxy) is 1. The minimum atomic E-state index is -0.414. The average molecular weight is 410 g/mol. The molecule has 0 aromatic carbocycles. The van der Waals surface area contributed by atoms with Crippen LogP contribution in [0.25, 0.3) is 0 Å². The highest BCUT2D eigenvalue weighted by Crippen LogP contribution is 2.40. The third kappa shape index (κ3) is 4.86.